The molecule has 0 fully saturated rings. The molecule has 4 heteroatoms. The molecule has 0 heterocycles. The van der Waals surface area contributed by atoms with E-state index in [0.29, 0.717) is 10.8 Å². The number of carbonyl (C=O) groups excluding carboxylic acids is 1. The standard InChI is InChI=1S/C23H19ClO3/c24-22(19-9-3-1-4-10-19)14-15-23(25)26-17-18-8-7-13-21(16-18)27-20-11-5-2-6-12-20/h1-14,16H,15,17H2. The maximum Gasteiger partial charge on any atom is 0.310 e. The summed E-state index contributed by atoms with van der Waals surface area (Å²) in [4.78, 5) is 12.0. The molecule has 0 atom stereocenters. The van der Waals surface area contributed by atoms with Crippen LogP contribution in [-0.2, 0) is 16.1 Å². The lowest BCUT2D eigenvalue weighted by Crippen LogP contribution is -2.03. The molecule has 0 saturated heterocycles. The van der Waals surface area contributed by atoms with Crippen LogP contribution in [0.3, 0.4) is 0 Å². The maximum atomic E-state index is 12.0. The molecule has 0 amide bonds. The average molecular weight is 379 g/mol. The summed E-state index contributed by atoms with van der Waals surface area (Å²) < 4.78 is 11.1. The van der Waals surface area contributed by atoms with Gasteiger partial charge < -0.3 is 9.47 Å². The molecule has 0 spiro atoms. The first-order chi connectivity index (χ1) is 13.2. The molecule has 3 aromatic carbocycles. The molecule has 3 rings (SSSR count). The van der Waals surface area contributed by atoms with Crippen molar-refractivity contribution < 1.29 is 14.3 Å². The van der Waals surface area contributed by atoms with E-state index < -0.39 is 0 Å². The molecule has 0 N–H and O–H groups in total. The van der Waals surface area contributed by atoms with Crippen molar-refractivity contribution in [2.75, 3.05) is 0 Å². The molecule has 0 radical (unpaired) electrons. The lowest BCUT2D eigenvalue weighted by atomic mass is 10.2. The second-order valence-corrected chi connectivity index (χ2v) is 6.25. The Kier molecular flexibility index (Phi) is 6.66. The molecule has 136 valence electrons. The summed E-state index contributed by atoms with van der Waals surface area (Å²) in [5, 5.41) is 0.533. The zero-order chi connectivity index (χ0) is 18.9. The lowest BCUT2D eigenvalue weighted by Gasteiger charge is -2.08. The number of hydrogen-bond acceptors (Lipinski definition) is 3. The normalized spacial score (nSPS) is 11.1. The summed E-state index contributed by atoms with van der Waals surface area (Å²) in [6.45, 7) is 0.182. The smallest absolute Gasteiger partial charge is 0.310 e. The van der Waals surface area contributed by atoms with Crippen molar-refractivity contribution in [3.63, 3.8) is 0 Å². The van der Waals surface area contributed by atoms with Crippen molar-refractivity contribution in [3.05, 3.63) is 102 Å². The summed E-state index contributed by atoms with van der Waals surface area (Å²) in [7, 11) is 0. The molecular formula is C23H19ClO3. The number of benzene rings is 3. The second kappa shape index (κ2) is 9.60. The van der Waals surface area contributed by atoms with Crippen LogP contribution in [0.5, 0.6) is 11.5 Å². The first-order valence-electron chi connectivity index (χ1n) is 8.59. The van der Waals surface area contributed by atoms with E-state index in [-0.39, 0.29) is 19.0 Å². The monoisotopic (exact) mass is 378 g/mol. The number of esters is 1. The minimum atomic E-state index is -0.335. The molecule has 0 bridgehead atoms. The quantitative estimate of drug-likeness (QED) is 0.459. The van der Waals surface area contributed by atoms with Gasteiger partial charge in [0.05, 0.1) is 6.42 Å². The first kappa shape index (κ1) is 18.7. The zero-order valence-electron chi connectivity index (χ0n) is 14.7. The Hall–Kier alpha value is -3.04. The van der Waals surface area contributed by atoms with Gasteiger partial charge in [-0.2, -0.15) is 0 Å². The van der Waals surface area contributed by atoms with Gasteiger partial charge in [0, 0.05) is 5.03 Å². The predicted molar refractivity (Wildman–Crippen MR) is 108 cm³/mol. The molecule has 0 unspecified atom stereocenters. The summed E-state index contributed by atoms with van der Waals surface area (Å²) in [5.74, 6) is 1.12. The van der Waals surface area contributed by atoms with E-state index in [1.165, 1.54) is 0 Å². The van der Waals surface area contributed by atoms with Crippen LogP contribution < -0.4 is 4.74 Å². The molecule has 3 aromatic rings. The van der Waals surface area contributed by atoms with E-state index in [4.69, 9.17) is 21.1 Å². The molecular weight excluding hydrogens is 360 g/mol. The number of ether oxygens (including phenoxy) is 2. The van der Waals surface area contributed by atoms with Gasteiger partial charge in [0.1, 0.15) is 18.1 Å². The highest BCUT2D eigenvalue weighted by atomic mass is 35.5. The van der Waals surface area contributed by atoms with Crippen LogP contribution in [0.15, 0.2) is 91.0 Å². The number of hydrogen-bond donors (Lipinski definition) is 0. The number of carbonyl (C=O) groups is 1. The maximum absolute atomic E-state index is 12.0. The topological polar surface area (TPSA) is 35.5 Å². The number of para-hydroxylation sites is 1. The van der Waals surface area contributed by atoms with Crippen LogP contribution in [-0.4, -0.2) is 5.97 Å². The molecule has 0 saturated carbocycles. The first-order valence-corrected chi connectivity index (χ1v) is 8.97. The Balaban J connectivity index is 1.52. The van der Waals surface area contributed by atoms with Gasteiger partial charge in [-0.25, -0.2) is 0 Å². The van der Waals surface area contributed by atoms with E-state index in [0.717, 1.165) is 16.9 Å². The Morgan fingerprint density at radius 3 is 2.26 bits per heavy atom. The molecule has 0 aliphatic carbocycles. The zero-order valence-corrected chi connectivity index (χ0v) is 15.4. The Morgan fingerprint density at radius 1 is 0.852 bits per heavy atom. The Bertz CT molecular complexity index is 905. The summed E-state index contributed by atoms with van der Waals surface area (Å²) in [6, 6.07) is 26.5. The summed E-state index contributed by atoms with van der Waals surface area (Å²) in [5.41, 5.74) is 1.73. The molecule has 3 nitrogen and oxygen atoms in total. The van der Waals surface area contributed by atoms with Crippen molar-refractivity contribution in [3.8, 4) is 11.5 Å². The molecule has 0 aliphatic rings. The van der Waals surface area contributed by atoms with Crippen molar-refractivity contribution in [2.45, 2.75) is 13.0 Å². The third kappa shape index (κ3) is 6.01. The average Bonchev–Trinajstić information content (AvgIpc) is 2.72. The van der Waals surface area contributed by atoms with Gasteiger partial charge in [-0.3, -0.25) is 4.79 Å². The number of rotatable bonds is 7. The van der Waals surface area contributed by atoms with Gasteiger partial charge in [-0.15, -0.1) is 0 Å². The highest BCUT2D eigenvalue weighted by Crippen LogP contribution is 2.22. The van der Waals surface area contributed by atoms with Crippen LogP contribution in [0, 0.1) is 0 Å². The second-order valence-electron chi connectivity index (χ2n) is 5.85. The van der Waals surface area contributed by atoms with Crippen LogP contribution in [0.1, 0.15) is 17.5 Å². The SMILES string of the molecule is O=C(CC=C(Cl)c1ccccc1)OCc1cccc(Oc2ccccc2)c1. The Morgan fingerprint density at radius 2 is 1.52 bits per heavy atom. The van der Waals surface area contributed by atoms with Gasteiger partial charge in [0.2, 0.25) is 0 Å². The van der Waals surface area contributed by atoms with Crippen molar-refractivity contribution in [1.29, 1.82) is 0 Å². The summed E-state index contributed by atoms with van der Waals surface area (Å²) in [6.07, 6.45) is 1.78. The fourth-order valence-electron chi connectivity index (χ4n) is 2.43. The van der Waals surface area contributed by atoms with E-state index in [2.05, 4.69) is 0 Å². The number of halogens is 1. The third-order valence-corrected chi connectivity index (χ3v) is 4.15. The lowest BCUT2D eigenvalue weighted by molar-refractivity contribution is -0.143. The fourth-order valence-corrected chi connectivity index (χ4v) is 2.64. The van der Waals surface area contributed by atoms with Crippen molar-refractivity contribution >= 4 is 22.6 Å². The van der Waals surface area contributed by atoms with E-state index in [1.807, 2.05) is 84.9 Å². The van der Waals surface area contributed by atoms with Crippen molar-refractivity contribution in [1.82, 2.24) is 0 Å². The minimum Gasteiger partial charge on any atom is -0.461 e. The highest BCUT2D eigenvalue weighted by molar-refractivity contribution is 6.48. The van der Waals surface area contributed by atoms with Gasteiger partial charge in [0.25, 0.3) is 0 Å². The van der Waals surface area contributed by atoms with Gasteiger partial charge in [-0.05, 0) is 35.4 Å². The highest BCUT2D eigenvalue weighted by Gasteiger charge is 2.05. The molecule has 0 aromatic heterocycles. The van der Waals surface area contributed by atoms with E-state index >= 15 is 0 Å². The molecule has 0 aliphatic heterocycles. The van der Waals surface area contributed by atoms with Crippen LogP contribution in [0.25, 0.3) is 5.03 Å². The molecule has 27 heavy (non-hydrogen) atoms. The van der Waals surface area contributed by atoms with Gasteiger partial charge in [-0.1, -0.05) is 78.3 Å². The van der Waals surface area contributed by atoms with Crippen LogP contribution in [0.4, 0.5) is 0 Å². The van der Waals surface area contributed by atoms with E-state index in [1.54, 1.807) is 6.08 Å². The van der Waals surface area contributed by atoms with Crippen molar-refractivity contribution in [2.24, 2.45) is 0 Å². The van der Waals surface area contributed by atoms with Gasteiger partial charge in [0.15, 0.2) is 0 Å². The van der Waals surface area contributed by atoms with Crippen LogP contribution >= 0.6 is 11.6 Å². The Labute approximate surface area is 163 Å². The van der Waals surface area contributed by atoms with E-state index in [9.17, 15) is 4.79 Å². The third-order valence-electron chi connectivity index (χ3n) is 3.77. The van der Waals surface area contributed by atoms with Crippen LogP contribution in [0.2, 0.25) is 0 Å². The predicted octanol–water partition coefficient (Wildman–Crippen LogP) is 6.19. The largest absolute Gasteiger partial charge is 0.461 e. The fraction of sp³-hybridized carbons (Fsp3) is 0.0870. The summed E-state index contributed by atoms with van der Waals surface area (Å²) >= 11 is 6.20. The van der Waals surface area contributed by atoms with Gasteiger partial charge >= 0.3 is 5.97 Å². The minimum absolute atomic E-state index is 0.119.